The second-order valence-corrected chi connectivity index (χ2v) is 18.3. The van der Waals surface area contributed by atoms with E-state index >= 15 is 0 Å². The van der Waals surface area contributed by atoms with Crippen LogP contribution in [0.3, 0.4) is 0 Å². The highest BCUT2D eigenvalue weighted by Crippen LogP contribution is 2.46. The number of amides is 4. The first-order valence-electron chi connectivity index (χ1n) is 20.1. The van der Waals surface area contributed by atoms with E-state index in [2.05, 4.69) is 21.9 Å². The van der Waals surface area contributed by atoms with Crippen LogP contribution in [0, 0.1) is 11.8 Å². The molecule has 3 aliphatic carbocycles. The Balaban J connectivity index is 1.10. The van der Waals surface area contributed by atoms with Gasteiger partial charge in [0.2, 0.25) is 28.6 Å². The molecule has 2 aliphatic heterocycles. The summed E-state index contributed by atoms with van der Waals surface area (Å²) in [5.41, 5.74) is 0.281. The van der Waals surface area contributed by atoms with Crippen molar-refractivity contribution in [2.75, 3.05) is 20.4 Å². The fraction of sp³-hybridized carbons (Fsp3) is 0.500. The van der Waals surface area contributed by atoms with Crippen LogP contribution in [0.15, 0.2) is 55.1 Å². The van der Waals surface area contributed by atoms with Crippen molar-refractivity contribution in [1.29, 1.82) is 0 Å². The number of fused-ring (bicyclic) bond motifs is 2. The molecule has 4 amide bonds. The van der Waals surface area contributed by atoms with Gasteiger partial charge in [0.15, 0.2) is 11.5 Å². The van der Waals surface area contributed by atoms with E-state index in [-0.39, 0.29) is 32.3 Å². The first-order valence-corrected chi connectivity index (χ1v) is 21.7. The van der Waals surface area contributed by atoms with Crippen LogP contribution < -0.4 is 34.3 Å². The van der Waals surface area contributed by atoms with Crippen molar-refractivity contribution in [2.24, 2.45) is 11.8 Å². The number of ether oxygens (including phenoxy) is 5. The van der Waals surface area contributed by atoms with E-state index in [1.165, 1.54) is 11.0 Å². The Labute approximate surface area is 342 Å². The number of benzene rings is 2. The third-order valence-corrected chi connectivity index (χ3v) is 13.6. The van der Waals surface area contributed by atoms with Gasteiger partial charge in [-0.2, -0.15) is 0 Å². The highest BCUT2D eigenvalue weighted by molar-refractivity contribution is 7.91. The van der Waals surface area contributed by atoms with Gasteiger partial charge in [-0.3, -0.25) is 19.1 Å². The third kappa shape index (κ3) is 8.21. The Morgan fingerprint density at radius 3 is 2.46 bits per heavy atom. The van der Waals surface area contributed by atoms with Crippen LogP contribution in [0.5, 0.6) is 23.0 Å². The summed E-state index contributed by atoms with van der Waals surface area (Å²) in [5, 5.41) is 5.56. The van der Waals surface area contributed by atoms with Gasteiger partial charge in [0.25, 0.3) is 5.91 Å². The molecule has 5 aliphatic rings. The number of carbonyl (C=O) groups is 4. The lowest BCUT2D eigenvalue weighted by Crippen LogP contribution is -2.59. The number of nitrogens with one attached hydrogen (secondary N) is 3. The summed E-state index contributed by atoms with van der Waals surface area (Å²) in [6.07, 6.45) is 4.24. The molecular formula is C42H49N5O11S. The quantitative estimate of drug-likeness (QED) is 0.194. The number of aromatic nitrogens is 1. The number of alkyl carbamates (subject to hydrolysis) is 1. The number of pyridine rings is 1. The Kier molecular flexibility index (Phi) is 10.8. The first-order chi connectivity index (χ1) is 28.3. The number of likely N-dealkylation sites (tertiary alicyclic amines) is 1. The van der Waals surface area contributed by atoms with Crippen molar-refractivity contribution in [3.63, 3.8) is 0 Å². The summed E-state index contributed by atoms with van der Waals surface area (Å²) < 4.78 is 56.7. The molecule has 4 fully saturated rings. The molecule has 3 N–H and O–H groups in total. The van der Waals surface area contributed by atoms with Gasteiger partial charge in [-0.15, -0.1) is 6.58 Å². The van der Waals surface area contributed by atoms with Crippen LogP contribution in [0.4, 0.5) is 4.79 Å². The maximum absolute atomic E-state index is 14.6. The van der Waals surface area contributed by atoms with Gasteiger partial charge >= 0.3 is 6.09 Å². The zero-order valence-electron chi connectivity index (χ0n) is 33.2. The second kappa shape index (κ2) is 15.9. The van der Waals surface area contributed by atoms with Crippen molar-refractivity contribution in [3.8, 4) is 34.3 Å². The standard InChI is InChI=1S/C42H49N5O11S/c1-5-25-20-42(25,40(50)46-59(52,53)29-12-13-29)45-38(48)33-18-28(21-47(33)39(49)37(23(2)3)44-41(51)58-26-8-6-7-9-26)57-35-19-31(24-10-15-34-36(16-24)56-22-55-34)43-32-17-27(54-4)11-14-30(32)35/h5,10-11,14-17,19,23,25-26,28-29,33,37H,1,6-9,12-13,18,20-22H2,2-4H3,(H,44,51)(H,45,48)(H,46,50)/t25?,28-,33+,37+,42?/m1/s1. The predicted octanol–water partition coefficient (Wildman–Crippen LogP) is 4.35. The van der Waals surface area contributed by atoms with Crippen LogP contribution in [-0.4, -0.2) is 97.6 Å². The molecule has 16 nitrogen and oxygen atoms in total. The van der Waals surface area contributed by atoms with Gasteiger partial charge in [0.1, 0.15) is 41.3 Å². The zero-order valence-corrected chi connectivity index (χ0v) is 34.0. The molecule has 0 radical (unpaired) electrons. The largest absolute Gasteiger partial charge is 0.497 e. The Morgan fingerprint density at radius 1 is 1.00 bits per heavy atom. The summed E-state index contributed by atoms with van der Waals surface area (Å²) in [4.78, 5) is 62.0. The molecule has 2 aromatic carbocycles. The number of hydrogen-bond donors (Lipinski definition) is 3. The Hall–Kier alpha value is -5.58. The van der Waals surface area contributed by atoms with E-state index in [0.29, 0.717) is 52.4 Å². The van der Waals surface area contributed by atoms with Crippen molar-refractivity contribution < 1.29 is 51.3 Å². The minimum absolute atomic E-state index is 0.00502. The maximum Gasteiger partial charge on any atom is 0.408 e. The lowest BCUT2D eigenvalue weighted by Gasteiger charge is -2.31. The van der Waals surface area contributed by atoms with Crippen LogP contribution in [0.25, 0.3) is 22.2 Å². The number of rotatable bonds is 14. The van der Waals surface area contributed by atoms with Crippen LogP contribution >= 0.6 is 0 Å². The zero-order chi connectivity index (χ0) is 41.6. The third-order valence-electron chi connectivity index (χ3n) is 11.8. The monoisotopic (exact) mass is 831 g/mol. The fourth-order valence-electron chi connectivity index (χ4n) is 8.19. The second-order valence-electron chi connectivity index (χ2n) is 16.3. The number of nitrogens with zero attached hydrogens (tertiary/aromatic N) is 2. The summed E-state index contributed by atoms with van der Waals surface area (Å²) in [6.45, 7) is 7.41. The summed E-state index contributed by atoms with van der Waals surface area (Å²) in [7, 11) is -2.36. The minimum atomic E-state index is -3.92. The van der Waals surface area contributed by atoms with Gasteiger partial charge in [-0.25, -0.2) is 18.2 Å². The summed E-state index contributed by atoms with van der Waals surface area (Å²) in [6, 6.07) is 10.4. The highest BCUT2D eigenvalue weighted by atomic mass is 32.2. The molecule has 3 heterocycles. The van der Waals surface area contributed by atoms with Gasteiger partial charge in [-0.1, -0.05) is 19.9 Å². The average Bonchev–Trinajstić information content (AvgIpc) is 4.00. The molecule has 314 valence electrons. The molecule has 1 aromatic heterocycles. The summed E-state index contributed by atoms with van der Waals surface area (Å²) in [5.74, 6) is -0.805. The van der Waals surface area contributed by atoms with Gasteiger partial charge in [0, 0.05) is 35.4 Å². The summed E-state index contributed by atoms with van der Waals surface area (Å²) >= 11 is 0. The molecule has 1 saturated heterocycles. The van der Waals surface area contributed by atoms with Crippen molar-refractivity contribution in [3.05, 3.63) is 55.1 Å². The highest BCUT2D eigenvalue weighted by Gasteiger charge is 2.62. The Bertz CT molecular complexity index is 2290. The van der Waals surface area contributed by atoms with E-state index in [9.17, 15) is 27.6 Å². The molecule has 3 aromatic rings. The number of carbonyl (C=O) groups excluding carboxylic acids is 4. The van der Waals surface area contributed by atoms with Crippen molar-refractivity contribution >= 4 is 44.7 Å². The van der Waals surface area contributed by atoms with E-state index in [1.54, 1.807) is 45.2 Å². The van der Waals surface area contributed by atoms with Gasteiger partial charge in [0.05, 0.1) is 30.1 Å². The molecule has 8 rings (SSSR count). The molecule has 0 bridgehead atoms. The molecule has 0 spiro atoms. The molecular weight excluding hydrogens is 783 g/mol. The molecule has 2 unspecified atom stereocenters. The maximum atomic E-state index is 14.6. The topological polar surface area (TPSA) is 201 Å². The SMILES string of the molecule is C=CC1CC1(NC(=O)[C@@H]1C[C@@H](Oc2cc(-c3ccc4c(c3)OCO4)nc3cc(OC)ccc23)CN1C(=O)[C@@H](NC(=O)OC1CCCC1)C(C)C)C(=O)NS(=O)(=O)C1CC1. The van der Waals surface area contributed by atoms with Crippen LogP contribution in [0.1, 0.15) is 65.2 Å². The predicted molar refractivity (Wildman–Crippen MR) is 214 cm³/mol. The number of hydrogen-bond acceptors (Lipinski definition) is 12. The van der Waals surface area contributed by atoms with Crippen molar-refractivity contribution in [2.45, 2.75) is 100 Å². The lowest BCUT2D eigenvalue weighted by molar-refractivity contribution is -0.141. The smallest absolute Gasteiger partial charge is 0.408 e. The normalized spacial score (nSPS) is 24.1. The first kappa shape index (κ1) is 40.2. The van der Waals surface area contributed by atoms with E-state index in [1.807, 2.05) is 18.2 Å². The van der Waals surface area contributed by atoms with E-state index < -0.39 is 74.7 Å². The average molecular weight is 832 g/mol. The molecule has 3 saturated carbocycles. The minimum Gasteiger partial charge on any atom is -0.497 e. The van der Waals surface area contributed by atoms with E-state index in [0.717, 1.165) is 31.2 Å². The van der Waals surface area contributed by atoms with Gasteiger partial charge in [-0.05, 0) is 81.2 Å². The fourth-order valence-corrected chi connectivity index (χ4v) is 9.55. The van der Waals surface area contributed by atoms with Crippen LogP contribution in [-0.2, 0) is 29.1 Å². The molecule has 5 atom stereocenters. The lowest BCUT2D eigenvalue weighted by atomic mass is 10.0. The van der Waals surface area contributed by atoms with E-state index in [4.69, 9.17) is 28.7 Å². The number of methoxy groups -OCH3 is 1. The van der Waals surface area contributed by atoms with Gasteiger partial charge < -0.3 is 39.2 Å². The number of sulfonamides is 1. The van der Waals surface area contributed by atoms with Crippen LogP contribution in [0.2, 0.25) is 0 Å². The molecule has 17 heteroatoms. The van der Waals surface area contributed by atoms with Crippen molar-refractivity contribution in [1.82, 2.24) is 25.2 Å². The Morgan fingerprint density at radius 2 is 1.76 bits per heavy atom. The molecule has 59 heavy (non-hydrogen) atoms.